The number of nitrogens with one attached hydrogen (secondary N) is 2. The van der Waals surface area contributed by atoms with Gasteiger partial charge in [-0.1, -0.05) is 30.0 Å². The van der Waals surface area contributed by atoms with Crippen molar-refractivity contribution in [3.05, 3.63) is 59.0 Å². The van der Waals surface area contributed by atoms with Crippen molar-refractivity contribution < 1.29 is 19.0 Å². The molecule has 2 aromatic carbocycles. The number of amides is 1. The first-order valence-electron chi connectivity index (χ1n) is 9.80. The molecule has 2 aromatic heterocycles. The van der Waals surface area contributed by atoms with Crippen molar-refractivity contribution in [1.82, 2.24) is 19.7 Å². The molecule has 2 N–H and O–H groups in total. The van der Waals surface area contributed by atoms with Gasteiger partial charge in [0.05, 0.1) is 39.0 Å². The third kappa shape index (κ3) is 4.48. The van der Waals surface area contributed by atoms with E-state index in [9.17, 15) is 9.59 Å². The van der Waals surface area contributed by atoms with Crippen molar-refractivity contribution in [2.75, 3.05) is 32.4 Å². The molecule has 0 fully saturated rings. The molecular formula is C22H21N5O5S. The van der Waals surface area contributed by atoms with Crippen LogP contribution in [-0.4, -0.2) is 52.7 Å². The van der Waals surface area contributed by atoms with Crippen LogP contribution in [0, 0.1) is 0 Å². The molecule has 2 heterocycles. The molecule has 33 heavy (non-hydrogen) atoms. The zero-order valence-corrected chi connectivity index (χ0v) is 18.9. The molecule has 0 aliphatic rings. The molecule has 1 amide bonds. The molecule has 4 aromatic rings. The fraction of sp³-hybridized carbons (Fsp3) is 0.182. The van der Waals surface area contributed by atoms with Crippen molar-refractivity contribution in [3.8, 4) is 22.9 Å². The van der Waals surface area contributed by atoms with Crippen LogP contribution < -0.4 is 25.1 Å². The molecule has 0 aliphatic carbocycles. The first-order chi connectivity index (χ1) is 16.0. The predicted molar refractivity (Wildman–Crippen MR) is 125 cm³/mol. The van der Waals surface area contributed by atoms with Gasteiger partial charge < -0.3 is 19.5 Å². The van der Waals surface area contributed by atoms with E-state index in [4.69, 9.17) is 14.2 Å². The predicted octanol–water partition coefficient (Wildman–Crippen LogP) is 2.87. The van der Waals surface area contributed by atoms with Crippen LogP contribution in [0.2, 0.25) is 0 Å². The lowest BCUT2D eigenvalue weighted by Crippen LogP contribution is -2.22. The van der Waals surface area contributed by atoms with E-state index in [0.29, 0.717) is 44.8 Å². The van der Waals surface area contributed by atoms with E-state index in [1.165, 1.54) is 32.1 Å². The summed E-state index contributed by atoms with van der Waals surface area (Å²) < 4.78 is 17.4. The second kappa shape index (κ2) is 9.65. The first kappa shape index (κ1) is 22.2. The van der Waals surface area contributed by atoms with Gasteiger partial charge in [0.25, 0.3) is 5.56 Å². The van der Waals surface area contributed by atoms with Crippen LogP contribution in [0.25, 0.3) is 16.7 Å². The molecule has 0 saturated carbocycles. The molecule has 10 nitrogen and oxygen atoms in total. The minimum atomic E-state index is -0.298. The van der Waals surface area contributed by atoms with E-state index in [2.05, 4.69) is 20.5 Å². The average molecular weight is 468 g/mol. The monoisotopic (exact) mass is 467 g/mol. The summed E-state index contributed by atoms with van der Waals surface area (Å²) in [6.07, 6.45) is 1.44. The number of H-pyrrole nitrogens is 1. The number of para-hydroxylation sites is 1. The number of aromatic nitrogens is 4. The Hall–Kier alpha value is -3.99. The third-order valence-electron chi connectivity index (χ3n) is 4.75. The number of thioether (sulfide) groups is 1. The Kier molecular flexibility index (Phi) is 6.50. The minimum Gasteiger partial charge on any atom is -0.493 e. The van der Waals surface area contributed by atoms with Crippen LogP contribution in [0.4, 0.5) is 5.69 Å². The fourth-order valence-corrected chi connectivity index (χ4v) is 4.06. The lowest BCUT2D eigenvalue weighted by molar-refractivity contribution is -0.113. The largest absolute Gasteiger partial charge is 0.493 e. The normalized spacial score (nSPS) is 10.8. The highest BCUT2D eigenvalue weighted by molar-refractivity contribution is 7.99. The van der Waals surface area contributed by atoms with Gasteiger partial charge in [-0.2, -0.15) is 5.10 Å². The van der Waals surface area contributed by atoms with Gasteiger partial charge in [0.2, 0.25) is 11.7 Å². The molecule has 0 aliphatic heterocycles. The number of aromatic amines is 1. The van der Waals surface area contributed by atoms with E-state index < -0.39 is 0 Å². The zero-order valence-electron chi connectivity index (χ0n) is 18.1. The summed E-state index contributed by atoms with van der Waals surface area (Å²) in [5.74, 6) is 0.979. The molecule has 0 bridgehead atoms. The smallest absolute Gasteiger partial charge is 0.269 e. The maximum absolute atomic E-state index is 13.1. The number of hydrogen-bond donors (Lipinski definition) is 2. The number of nitrogens with zero attached hydrogens (tertiary/aromatic N) is 3. The Morgan fingerprint density at radius 2 is 1.79 bits per heavy atom. The Labute approximate surface area is 192 Å². The van der Waals surface area contributed by atoms with Gasteiger partial charge in [0.1, 0.15) is 5.39 Å². The number of anilines is 1. The number of fused-ring (bicyclic) bond motifs is 1. The number of benzene rings is 2. The summed E-state index contributed by atoms with van der Waals surface area (Å²) in [4.78, 5) is 30.3. The summed E-state index contributed by atoms with van der Waals surface area (Å²) in [7, 11) is 4.50. The lowest BCUT2D eigenvalue weighted by atomic mass is 10.2. The maximum Gasteiger partial charge on any atom is 0.269 e. The van der Waals surface area contributed by atoms with Crippen LogP contribution in [0.5, 0.6) is 17.2 Å². The van der Waals surface area contributed by atoms with Gasteiger partial charge in [-0.3, -0.25) is 19.3 Å². The summed E-state index contributed by atoms with van der Waals surface area (Å²) in [6, 6.07) is 12.4. The summed E-state index contributed by atoms with van der Waals surface area (Å²) in [6.45, 7) is 0. The first-order valence-corrected chi connectivity index (χ1v) is 10.8. The molecule has 0 spiro atoms. The minimum absolute atomic E-state index is 0.00950. The van der Waals surface area contributed by atoms with Crippen molar-refractivity contribution in [3.63, 3.8) is 0 Å². The topological polar surface area (TPSA) is 120 Å². The Balaban J connectivity index is 1.59. The van der Waals surface area contributed by atoms with Gasteiger partial charge in [0.15, 0.2) is 22.3 Å². The number of rotatable bonds is 8. The zero-order chi connectivity index (χ0) is 23.4. The van der Waals surface area contributed by atoms with Gasteiger partial charge in [-0.05, 0) is 12.1 Å². The number of methoxy groups -OCH3 is 3. The highest BCUT2D eigenvalue weighted by Crippen LogP contribution is 2.40. The van der Waals surface area contributed by atoms with Crippen LogP contribution in [0.1, 0.15) is 0 Å². The quantitative estimate of drug-likeness (QED) is 0.300. The fourth-order valence-electron chi connectivity index (χ4n) is 3.26. The van der Waals surface area contributed by atoms with Gasteiger partial charge in [-0.15, -0.1) is 0 Å². The van der Waals surface area contributed by atoms with Gasteiger partial charge in [0, 0.05) is 17.8 Å². The number of carbonyl (C=O) groups excluding carboxylic acids is 1. The van der Waals surface area contributed by atoms with Crippen LogP contribution >= 0.6 is 11.8 Å². The molecule has 0 radical (unpaired) electrons. The Morgan fingerprint density at radius 1 is 1.09 bits per heavy atom. The van der Waals surface area contributed by atoms with E-state index >= 15 is 0 Å². The summed E-state index contributed by atoms with van der Waals surface area (Å²) in [5, 5.41) is 10.2. The average Bonchev–Trinajstić information content (AvgIpc) is 3.31. The molecule has 4 rings (SSSR count). The second-order valence-corrected chi connectivity index (χ2v) is 7.70. The number of carbonyl (C=O) groups is 1. The summed E-state index contributed by atoms with van der Waals surface area (Å²) >= 11 is 1.13. The highest BCUT2D eigenvalue weighted by Gasteiger charge is 2.17. The van der Waals surface area contributed by atoms with E-state index in [0.717, 1.165) is 11.8 Å². The van der Waals surface area contributed by atoms with Crippen molar-refractivity contribution >= 4 is 34.4 Å². The van der Waals surface area contributed by atoms with Crippen LogP contribution in [0.15, 0.2) is 58.6 Å². The second-order valence-electron chi connectivity index (χ2n) is 6.75. The van der Waals surface area contributed by atoms with Crippen molar-refractivity contribution in [2.45, 2.75) is 5.16 Å². The van der Waals surface area contributed by atoms with E-state index in [-0.39, 0.29) is 17.2 Å². The van der Waals surface area contributed by atoms with Gasteiger partial charge >= 0.3 is 0 Å². The molecule has 0 atom stereocenters. The third-order valence-corrected chi connectivity index (χ3v) is 5.69. The lowest BCUT2D eigenvalue weighted by Gasteiger charge is -2.15. The Morgan fingerprint density at radius 3 is 2.42 bits per heavy atom. The number of hydrogen-bond acceptors (Lipinski definition) is 8. The molecule has 0 unspecified atom stereocenters. The standard InChI is InChI=1S/C22H21N5O5S/c1-30-16-9-13(10-17(31-2)19(16)32-3)24-18(28)12-33-22-25-20-15(11-23-26-20)21(29)27(22)14-7-5-4-6-8-14/h4-11H,12H2,1-3H3,(H,23,26)(H,24,28). The molecule has 0 saturated heterocycles. The number of ether oxygens (including phenoxy) is 3. The molecule has 170 valence electrons. The summed E-state index contributed by atoms with van der Waals surface area (Å²) in [5.41, 5.74) is 1.21. The van der Waals surface area contributed by atoms with Crippen molar-refractivity contribution in [2.24, 2.45) is 0 Å². The van der Waals surface area contributed by atoms with Gasteiger partial charge in [-0.25, -0.2) is 4.98 Å². The highest BCUT2D eigenvalue weighted by atomic mass is 32.2. The SMILES string of the molecule is COc1cc(NC(=O)CSc2nc3[nH]ncc3c(=O)n2-c2ccccc2)cc(OC)c1OC. The van der Waals surface area contributed by atoms with E-state index in [1.807, 2.05) is 18.2 Å². The van der Waals surface area contributed by atoms with Crippen molar-refractivity contribution in [1.29, 1.82) is 0 Å². The van der Waals surface area contributed by atoms with Crippen LogP contribution in [-0.2, 0) is 4.79 Å². The molecule has 11 heteroatoms. The Bertz CT molecular complexity index is 1330. The van der Waals surface area contributed by atoms with E-state index in [1.54, 1.807) is 24.3 Å². The maximum atomic E-state index is 13.1. The van der Waals surface area contributed by atoms with Crippen LogP contribution in [0.3, 0.4) is 0 Å². The molecular weight excluding hydrogens is 446 g/mol.